The van der Waals surface area contributed by atoms with E-state index < -0.39 is 5.54 Å². The highest BCUT2D eigenvalue weighted by molar-refractivity contribution is 5.94. The molecule has 1 amide bonds. The van der Waals surface area contributed by atoms with Gasteiger partial charge in [-0.25, -0.2) is 4.79 Å². The van der Waals surface area contributed by atoms with Crippen molar-refractivity contribution in [3.05, 3.63) is 25.3 Å². The van der Waals surface area contributed by atoms with Crippen LogP contribution in [-0.4, -0.2) is 36.0 Å². The van der Waals surface area contributed by atoms with Gasteiger partial charge < -0.3 is 9.64 Å². The molecule has 0 aromatic carbocycles. The SMILES string of the molecule is C=CC[C@@]1(C(=O)OC)CCCN1C(=O)C=C. The van der Waals surface area contributed by atoms with Crippen molar-refractivity contribution in [2.75, 3.05) is 13.7 Å². The molecule has 1 rings (SSSR count). The van der Waals surface area contributed by atoms with Gasteiger partial charge in [0.2, 0.25) is 5.91 Å². The summed E-state index contributed by atoms with van der Waals surface area (Å²) in [4.78, 5) is 25.1. The average molecular weight is 223 g/mol. The van der Waals surface area contributed by atoms with Crippen LogP contribution in [0, 0.1) is 0 Å². The number of methoxy groups -OCH3 is 1. The molecule has 1 atom stereocenters. The van der Waals surface area contributed by atoms with Crippen LogP contribution >= 0.6 is 0 Å². The van der Waals surface area contributed by atoms with Crippen LogP contribution in [0.4, 0.5) is 0 Å². The molecule has 0 aliphatic carbocycles. The second-order valence-corrected chi connectivity index (χ2v) is 3.81. The summed E-state index contributed by atoms with van der Waals surface area (Å²) < 4.78 is 4.80. The lowest BCUT2D eigenvalue weighted by Crippen LogP contribution is -2.52. The van der Waals surface area contributed by atoms with Gasteiger partial charge in [-0.1, -0.05) is 12.7 Å². The van der Waals surface area contributed by atoms with E-state index in [2.05, 4.69) is 13.2 Å². The zero-order valence-corrected chi connectivity index (χ0v) is 9.57. The molecule has 1 fully saturated rings. The van der Waals surface area contributed by atoms with Crippen LogP contribution in [0.1, 0.15) is 19.3 Å². The van der Waals surface area contributed by atoms with Gasteiger partial charge in [0, 0.05) is 6.54 Å². The number of carbonyl (C=O) groups excluding carboxylic acids is 2. The Morgan fingerprint density at radius 2 is 2.19 bits per heavy atom. The predicted octanol–water partition coefficient (Wildman–Crippen LogP) is 1.28. The van der Waals surface area contributed by atoms with Gasteiger partial charge in [-0.05, 0) is 25.3 Å². The zero-order chi connectivity index (χ0) is 12.2. The summed E-state index contributed by atoms with van der Waals surface area (Å²) in [5, 5.41) is 0. The Kier molecular flexibility index (Phi) is 3.88. The van der Waals surface area contributed by atoms with Crippen LogP contribution in [0.2, 0.25) is 0 Å². The summed E-state index contributed by atoms with van der Waals surface area (Å²) in [6, 6.07) is 0. The highest BCUT2D eigenvalue weighted by atomic mass is 16.5. The molecular weight excluding hydrogens is 206 g/mol. The van der Waals surface area contributed by atoms with E-state index in [0.29, 0.717) is 19.4 Å². The van der Waals surface area contributed by atoms with Gasteiger partial charge in [-0.3, -0.25) is 4.79 Å². The van der Waals surface area contributed by atoms with Crippen molar-refractivity contribution in [1.29, 1.82) is 0 Å². The molecular formula is C12H17NO3. The fraction of sp³-hybridized carbons (Fsp3) is 0.500. The number of amides is 1. The van der Waals surface area contributed by atoms with E-state index >= 15 is 0 Å². The van der Waals surface area contributed by atoms with Gasteiger partial charge in [0.15, 0.2) is 0 Å². The zero-order valence-electron chi connectivity index (χ0n) is 9.57. The van der Waals surface area contributed by atoms with Crippen LogP contribution in [0.3, 0.4) is 0 Å². The minimum atomic E-state index is -0.873. The van der Waals surface area contributed by atoms with E-state index in [1.807, 2.05) is 0 Å². The number of nitrogens with zero attached hydrogens (tertiary/aromatic N) is 1. The number of likely N-dealkylation sites (tertiary alicyclic amines) is 1. The first kappa shape index (κ1) is 12.5. The Bertz CT molecular complexity index is 324. The van der Waals surface area contributed by atoms with Crippen molar-refractivity contribution >= 4 is 11.9 Å². The summed E-state index contributed by atoms with van der Waals surface area (Å²) >= 11 is 0. The molecule has 0 N–H and O–H groups in total. The minimum Gasteiger partial charge on any atom is -0.467 e. The summed E-state index contributed by atoms with van der Waals surface area (Å²) in [5.74, 6) is -0.607. The van der Waals surface area contributed by atoms with Crippen LogP contribution in [0.25, 0.3) is 0 Å². The molecule has 1 heterocycles. The summed E-state index contributed by atoms with van der Waals surface area (Å²) in [5.41, 5.74) is -0.873. The molecule has 1 saturated heterocycles. The Morgan fingerprint density at radius 3 is 2.69 bits per heavy atom. The standard InChI is InChI=1S/C12H17NO3/c1-4-7-12(11(15)16-3)8-6-9-13(12)10(14)5-2/h4-5H,1-2,6-9H2,3H3/t12-/m0/s1. The molecule has 0 bridgehead atoms. The molecule has 0 saturated carbocycles. The normalized spacial score (nSPS) is 23.9. The molecule has 0 radical (unpaired) electrons. The lowest BCUT2D eigenvalue weighted by atomic mass is 9.92. The Morgan fingerprint density at radius 1 is 1.50 bits per heavy atom. The molecule has 0 aromatic rings. The number of hydrogen-bond acceptors (Lipinski definition) is 3. The molecule has 4 nitrogen and oxygen atoms in total. The van der Waals surface area contributed by atoms with Gasteiger partial charge in [-0.2, -0.15) is 0 Å². The van der Waals surface area contributed by atoms with E-state index in [-0.39, 0.29) is 11.9 Å². The molecule has 16 heavy (non-hydrogen) atoms. The lowest BCUT2D eigenvalue weighted by molar-refractivity contribution is -0.157. The number of rotatable bonds is 4. The van der Waals surface area contributed by atoms with E-state index in [1.54, 1.807) is 6.08 Å². The first-order valence-electron chi connectivity index (χ1n) is 5.25. The summed E-state index contributed by atoms with van der Waals surface area (Å²) in [6.45, 7) is 7.64. The lowest BCUT2D eigenvalue weighted by Gasteiger charge is -2.34. The fourth-order valence-corrected chi connectivity index (χ4v) is 2.25. The van der Waals surface area contributed by atoms with Crippen molar-refractivity contribution in [1.82, 2.24) is 4.90 Å². The third-order valence-electron chi connectivity index (χ3n) is 2.98. The van der Waals surface area contributed by atoms with Crippen LogP contribution in [0.5, 0.6) is 0 Å². The number of esters is 1. The van der Waals surface area contributed by atoms with E-state index in [9.17, 15) is 9.59 Å². The Hall–Kier alpha value is -1.58. The van der Waals surface area contributed by atoms with Crippen molar-refractivity contribution in [2.24, 2.45) is 0 Å². The number of ether oxygens (including phenoxy) is 1. The van der Waals surface area contributed by atoms with Crippen molar-refractivity contribution in [2.45, 2.75) is 24.8 Å². The predicted molar refractivity (Wildman–Crippen MR) is 60.7 cm³/mol. The molecule has 88 valence electrons. The van der Waals surface area contributed by atoms with Gasteiger partial charge in [0.25, 0.3) is 0 Å². The molecule has 0 spiro atoms. The van der Waals surface area contributed by atoms with Gasteiger partial charge in [0.1, 0.15) is 5.54 Å². The molecule has 1 aliphatic heterocycles. The summed E-state index contributed by atoms with van der Waals surface area (Å²) in [6.07, 6.45) is 4.70. The largest absolute Gasteiger partial charge is 0.467 e. The monoisotopic (exact) mass is 223 g/mol. The topological polar surface area (TPSA) is 46.6 Å². The van der Waals surface area contributed by atoms with Crippen molar-refractivity contribution < 1.29 is 14.3 Å². The molecule has 0 unspecified atom stereocenters. The second kappa shape index (κ2) is 4.96. The van der Waals surface area contributed by atoms with Crippen LogP contribution in [0.15, 0.2) is 25.3 Å². The highest BCUT2D eigenvalue weighted by Crippen LogP contribution is 2.34. The van der Waals surface area contributed by atoms with E-state index in [0.717, 1.165) is 6.42 Å². The maximum atomic E-state index is 11.9. The smallest absolute Gasteiger partial charge is 0.332 e. The Balaban J connectivity index is 3.06. The maximum Gasteiger partial charge on any atom is 0.332 e. The maximum absolute atomic E-state index is 11.9. The van der Waals surface area contributed by atoms with E-state index in [1.165, 1.54) is 18.1 Å². The molecule has 0 aromatic heterocycles. The second-order valence-electron chi connectivity index (χ2n) is 3.81. The van der Waals surface area contributed by atoms with Crippen LogP contribution < -0.4 is 0 Å². The van der Waals surface area contributed by atoms with Gasteiger partial charge in [-0.15, -0.1) is 6.58 Å². The first-order valence-corrected chi connectivity index (χ1v) is 5.25. The van der Waals surface area contributed by atoms with Crippen molar-refractivity contribution in [3.8, 4) is 0 Å². The first-order chi connectivity index (χ1) is 7.62. The third-order valence-corrected chi connectivity index (χ3v) is 2.98. The Labute approximate surface area is 95.6 Å². The minimum absolute atomic E-state index is 0.232. The van der Waals surface area contributed by atoms with Gasteiger partial charge in [0.05, 0.1) is 7.11 Å². The average Bonchev–Trinajstić information content (AvgIpc) is 2.72. The molecule has 1 aliphatic rings. The summed E-state index contributed by atoms with van der Waals surface area (Å²) in [7, 11) is 1.34. The van der Waals surface area contributed by atoms with Crippen molar-refractivity contribution in [3.63, 3.8) is 0 Å². The van der Waals surface area contributed by atoms with E-state index in [4.69, 9.17) is 4.74 Å². The quantitative estimate of drug-likeness (QED) is 0.410. The number of hydrogen-bond donors (Lipinski definition) is 0. The van der Waals surface area contributed by atoms with Gasteiger partial charge >= 0.3 is 5.97 Å². The highest BCUT2D eigenvalue weighted by Gasteiger charge is 2.49. The molecule has 4 heteroatoms. The third kappa shape index (κ3) is 1.87. The van der Waals surface area contributed by atoms with Crippen LogP contribution in [-0.2, 0) is 14.3 Å². The number of carbonyl (C=O) groups is 2. The fourth-order valence-electron chi connectivity index (χ4n) is 2.25.